The Balaban J connectivity index is 2.07. The fourth-order valence-corrected chi connectivity index (χ4v) is 2.97. The lowest BCUT2D eigenvalue weighted by Crippen LogP contribution is -2.07. The molecule has 1 N–H and O–H groups in total. The van der Waals surface area contributed by atoms with Gasteiger partial charge in [0.1, 0.15) is 0 Å². The average molecular weight is 285 g/mol. The Kier molecular flexibility index (Phi) is 3.06. The predicted molar refractivity (Wildman–Crippen MR) is 85.2 cm³/mol. The number of allylic oxidation sites excluding steroid dienone is 1. The molecule has 1 aliphatic rings. The molecule has 1 aromatic heterocycles. The van der Waals surface area contributed by atoms with E-state index < -0.39 is 0 Å². The normalized spacial score (nSPS) is 15.3. The molecule has 20 heavy (non-hydrogen) atoms. The number of anilines is 1. The molecule has 2 heterocycles. The van der Waals surface area contributed by atoms with Gasteiger partial charge in [0, 0.05) is 30.9 Å². The van der Waals surface area contributed by atoms with E-state index in [1.54, 1.807) is 0 Å². The maximum absolute atomic E-state index is 9.96. The number of benzene rings is 1. The van der Waals surface area contributed by atoms with Gasteiger partial charge in [-0.15, -0.1) is 0 Å². The summed E-state index contributed by atoms with van der Waals surface area (Å²) >= 11 is 1.46. The maximum atomic E-state index is 9.96. The van der Waals surface area contributed by atoms with Crippen molar-refractivity contribution in [3.63, 3.8) is 0 Å². The van der Waals surface area contributed by atoms with E-state index in [0.717, 1.165) is 32.5 Å². The van der Waals surface area contributed by atoms with Gasteiger partial charge in [-0.25, -0.2) is 0 Å². The molecule has 5 heteroatoms. The molecule has 0 spiro atoms. The molecule has 0 atom stereocenters. The first-order valence-electron chi connectivity index (χ1n) is 6.30. The molecule has 0 fully saturated rings. The lowest BCUT2D eigenvalue weighted by Gasteiger charge is -2.04. The van der Waals surface area contributed by atoms with Crippen LogP contribution >= 0.6 is 11.3 Å². The van der Waals surface area contributed by atoms with Crippen molar-refractivity contribution in [1.29, 1.82) is 0 Å². The van der Waals surface area contributed by atoms with Crippen molar-refractivity contribution in [1.82, 2.24) is 4.98 Å². The lowest BCUT2D eigenvalue weighted by atomic mass is 10.0. The number of aromatic nitrogens is 1. The third kappa shape index (κ3) is 2.10. The molecule has 0 amide bonds. The maximum Gasteiger partial charge on any atom is 0.231 e. The van der Waals surface area contributed by atoms with Gasteiger partial charge in [0.2, 0.25) is 5.88 Å². The highest BCUT2D eigenvalue weighted by Crippen LogP contribution is 2.38. The van der Waals surface area contributed by atoms with E-state index in [4.69, 9.17) is 0 Å². The molecule has 0 bridgehead atoms. The van der Waals surface area contributed by atoms with Crippen LogP contribution in [0.2, 0.25) is 0 Å². The molecular weight excluding hydrogens is 270 g/mol. The summed E-state index contributed by atoms with van der Waals surface area (Å²) in [5, 5.41) is 10.8. The second kappa shape index (κ2) is 4.76. The van der Waals surface area contributed by atoms with Crippen molar-refractivity contribution >= 4 is 39.5 Å². The summed E-state index contributed by atoms with van der Waals surface area (Å²) in [5.41, 5.74) is 4.09. The van der Waals surface area contributed by atoms with E-state index in [9.17, 15) is 5.11 Å². The van der Waals surface area contributed by atoms with Crippen LogP contribution in [-0.4, -0.2) is 29.9 Å². The van der Waals surface area contributed by atoms with Gasteiger partial charge in [0.15, 0.2) is 5.13 Å². The number of aliphatic imine (C=N–C) groups is 1. The van der Waals surface area contributed by atoms with Crippen molar-refractivity contribution in [2.24, 2.45) is 4.99 Å². The third-order valence-corrected chi connectivity index (χ3v) is 4.31. The van der Waals surface area contributed by atoms with Crippen LogP contribution in [0.25, 0.3) is 11.6 Å². The predicted octanol–water partition coefficient (Wildman–Crippen LogP) is 3.56. The highest BCUT2D eigenvalue weighted by molar-refractivity contribution is 7.16. The number of hydrogen-bond donors (Lipinski definition) is 1. The van der Waals surface area contributed by atoms with E-state index in [1.165, 1.54) is 11.3 Å². The second-order valence-electron chi connectivity index (χ2n) is 4.85. The van der Waals surface area contributed by atoms with Crippen LogP contribution in [0.15, 0.2) is 29.3 Å². The van der Waals surface area contributed by atoms with Gasteiger partial charge in [0.25, 0.3) is 0 Å². The Bertz CT molecular complexity index is 728. The van der Waals surface area contributed by atoms with Crippen molar-refractivity contribution < 1.29 is 5.11 Å². The van der Waals surface area contributed by atoms with E-state index >= 15 is 0 Å². The summed E-state index contributed by atoms with van der Waals surface area (Å²) in [6.45, 7) is 1.98. The van der Waals surface area contributed by atoms with Crippen molar-refractivity contribution in [3.8, 4) is 5.88 Å². The van der Waals surface area contributed by atoms with Crippen LogP contribution in [0.1, 0.15) is 17.4 Å². The molecule has 4 nitrogen and oxygen atoms in total. The van der Waals surface area contributed by atoms with Gasteiger partial charge in [-0.2, -0.15) is 4.98 Å². The fraction of sp³-hybridized carbons (Fsp3) is 0.200. The third-order valence-electron chi connectivity index (χ3n) is 3.15. The number of fused-ring (bicyclic) bond motifs is 1. The second-order valence-corrected chi connectivity index (χ2v) is 5.86. The van der Waals surface area contributed by atoms with E-state index in [0.29, 0.717) is 0 Å². The van der Waals surface area contributed by atoms with Crippen LogP contribution in [0.5, 0.6) is 5.88 Å². The van der Waals surface area contributed by atoms with Gasteiger partial charge in [0.05, 0.1) is 10.6 Å². The van der Waals surface area contributed by atoms with Gasteiger partial charge < -0.3 is 10.0 Å². The minimum absolute atomic E-state index is 0.0726. The Morgan fingerprint density at radius 2 is 2.00 bits per heavy atom. The summed E-state index contributed by atoms with van der Waals surface area (Å²) in [6.07, 6.45) is 1.96. The Hall–Kier alpha value is -2.14. The number of hydrogen-bond acceptors (Lipinski definition) is 5. The lowest BCUT2D eigenvalue weighted by molar-refractivity contribution is 0.456. The average Bonchev–Trinajstić information content (AvgIpc) is 2.92. The van der Waals surface area contributed by atoms with Gasteiger partial charge in [-0.1, -0.05) is 29.5 Å². The first kappa shape index (κ1) is 12.9. The van der Waals surface area contributed by atoms with Crippen LogP contribution in [-0.2, 0) is 0 Å². The molecule has 0 aliphatic carbocycles. The van der Waals surface area contributed by atoms with Crippen molar-refractivity contribution in [2.75, 3.05) is 19.0 Å². The van der Waals surface area contributed by atoms with Gasteiger partial charge >= 0.3 is 0 Å². The monoisotopic (exact) mass is 285 g/mol. The molecule has 1 aliphatic heterocycles. The first-order chi connectivity index (χ1) is 9.56. The molecule has 2 aromatic rings. The number of para-hydroxylation sites is 1. The minimum Gasteiger partial charge on any atom is -0.492 e. The fourth-order valence-electron chi connectivity index (χ4n) is 2.15. The molecule has 0 unspecified atom stereocenters. The smallest absolute Gasteiger partial charge is 0.231 e. The van der Waals surface area contributed by atoms with Crippen molar-refractivity contribution in [2.45, 2.75) is 6.92 Å². The topological polar surface area (TPSA) is 48.7 Å². The zero-order chi connectivity index (χ0) is 14.3. The zero-order valence-electron chi connectivity index (χ0n) is 11.6. The molecule has 102 valence electrons. The molecule has 0 saturated heterocycles. The molecule has 0 saturated carbocycles. The summed E-state index contributed by atoms with van der Waals surface area (Å²) in [6, 6.07) is 8.02. The SMILES string of the molecule is CC1=Nc2ccccc2/C1=C/c1sc(N(C)C)nc1O. The molecular formula is C15H15N3OS. The standard InChI is InChI=1S/C15H15N3OS/c1-9-11(10-6-4-5-7-12(10)16-9)8-13-14(19)17-15(20-13)18(2)3/h4-8,19H,1-3H3/b11-8+. The number of rotatable bonds is 2. The summed E-state index contributed by atoms with van der Waals surface area (Å²) in [5.74, 6) is 0.0726. The quantitative estimate of drug-likeness (QED) is 0.917. The van der Waals surface area contributed by atoms with Gasteiger partial charge in [-0.3, -0.25) is 4.99 Å². The van der Waals surface area contributed by atoms with Crippen LogP contribution in [0, 0.1) is 0 Å². The summed E-state index contributed by atoms with van der Waals surface area (Å²) < 4.78 is 0. The number of nitrogens with zero attached hydrogens (tertiary/aromatic N) is 3. The van der Waals surface area contributed by atoms with E-state index in [-0.39, 0.29) is 5.88 Å². The number of aromatic hydroxyl groups is 1. The largest absolute Gasteiger partial charge is 0.492 e. The van der Waals surface area contributed by atoms with E-state index in [2.05, 4.69) is 9.98 Å². The van der Waals surface area contributed by atoms with E-state index in [1.807, 2.05) is 56.3 Å². The Morgan fingerprint density at radius 3 is 2.70 bits per heavy atom. The van der Waals surface area contributed by atoms with Crippen molar-refractivity contribution in [3.05, 3.63) is 34.7 Å². The highest BCUT2D eigenvalue weighted by Gasteiger charge is 2.19. The van der Waals surface area contributed by atoms with Crippen LogP contribution in [0.3, 0.4) is 0 Å². The van der Waals surface area contributed by atoms with Gasteiger partial charge in [-0.05, 0) is 19.1 Å². The van der Waals surface area contributed by atoms with Crippen LogP contribution < -0.4 is 4.90 Å². The highest BCUT2D eigenvalue weighted by atomic mass is 32.1. The minimum atomic E-state index is 0.0726. The molecule has 3 rings (SSSR count). The molecule has 1 aromatic carbocycles. The zero-order valence-corrected chi connectivity index (χ0v) is 12.4. The Morgan fingerprint density at radius 1 is 1.25 bits per heavy atom. The van der Waals surface area contributed by atoms with Crippen LogP contribution in [0.4, 0.5) is 10.8 Å². The summed E-state index contributed by atoms with van der Waals surface area (Å²) in [4.78, 5) is 11.3. The Labute approximate surface area is 121 Å². The first-order valence-corrected chi connectivity index (χ1v) is 7.12. The summed E-state index contributed by atoms with van der Waals surface area (Å²) in [7, 11) is 3.82. The molecule has 0 radical (unpaired) electrons. The number of thiazole rings is 1.